The van der Waals surface area contributed by atoms with Crippen molar-refractivity contribution in [2.75, 3.05) is 46.1 Å². The Morgan fingerprint density at radius 1 is 1.00 bits per heavy atom. The molecule has 0 saturated carbocycles. The van der Waals surface area contributed by atoms with E-state index in [0.29, 0.717) is 39.3 Å². The van der Waals surface area contributed by atoms with Gasteiger partial charge in [-0.2, -0.15) is 0 Å². The first-order valence-corrected chi connectivity index (χ1v) is 11.3. The van der Waals surface area contributed by atoms with Crippen LogP contribution in [0.15, 0.2) is 29.3 Å². The van der Waals surface area contributed by atoms with Gasteiger partial charge in [0.25, 0.3) is 0 Å². The van der Waals surface area contributed by atoms with Gasteiger partial charge in [0.2, 0.25) is 5.91 Å². The lowest BCUT2D eigenvalue weighted by Gasteiger charge is -2.15. The van der Waals surface area contributed by atoms with Crippen molar-refractivity contribution in [3.63, 3.8) is 0 Å². The Balaban J connectivity index is 1.56. The van der Waals surface area contributed by atoms with Crippen molar-refractivity contribution in [1.29, 1.82) is 0 Å². The molecule has 0 spiro atoms. The Labute approximate surface area is 181 Å². The van der Waals surface area contributed by atoms with Gasteiger partial charge in [-0.3, -0.25) is 9.79 Å². The number of rotatable bonds is 14. The average molecular weight is 419 g/mol. The fraction of sp³-hybridized carbons (Fsp3) is 0.652. The number of benzene rings is 1. The average Bonchev–Trinajstić information content (AvgIpc) is 3.19. The zero-order valence-corrected chi connectivity index (χ0v) is 18.6. The van der Waals surface area contributed by atoms with Gasteiger partial charge >= 0.3 is 0 Å². The molecule has 7 heteroatoms. The second kappa shape index (κ2) is 14.8. The number of unbranched alkanes of at least 4 members (excludes halogenated alkanes) is 1. The summed E-state index contributed by atoms with van der Waals surface area (Å²) in [5.74, 6) is 0.968. The summed E-state index contributed by atoms with van der Waals surface area (Å²) in [6, 6.07) is 8.27. The van der Waals surface area contributed by atoms with E-state index in [2.05, 4.69) is 34.7 Å². The molecular formula is C23H38N4O3. The number of fused-ring (bicyclic) bond motifs is 1. The minimum Gasteiger partial charge on any atom is -0.379 e. The Bertz CT molecular complexity index is 626. The van der Waals surface area contributed by atoms with E-state index in [1.807, 2.05) is 24.0 Å². The number of carbonyl (C=O) groups is 1. The van der Waals surface area contributed by atoms with Crippen molar-refractivity contribution < 1.29 is 14.3 Å². The Morgan fingerprint density at radius 3 is 2.37 bits per heavy atom. The molecule has 0 unspecified atom stereocenters. The van der Waals surface area contributed by atoms with Gasteiger partial charge < -0.3 is 25.0 Å². The van der Waals surface area contributed by atoms with Gasteiger partial charge in [-0.05, 0) is 30.9 Å². The maximum absolute atomic E-state index is 12.5. The number of nitrogens with zero attached hydrogens (tertiary/aromatic N) is 2. The van der Waals surface area contributed by atoms with E-state index >= 15 is 0 Å². The molecule has 0 aliphatic carbocycles. The SMILES string of the molecule is CCCCOCCOCCNC(=NCCCC(=O)N1Cc2ccccc2C1)NCC. The molecule has 168 valence electrons. The number of carbonyl (C=O) groups excluding carboxylic acids is 1. The van der Waals surface area contributed by atoms with Crippen LogP contribution in [-0.2, 0) is 27.4 Å². The number of ether oxygens (including phenoxy) is 2. The van der Waals surface area contributed by atoms with Crippen LogP contribution in [-0.4, -0.2) is 62.8 Å². The minimum absolute atomic E-state index is 0.203. The van der Waals surface area contributed by atoms with Crippen molar-refractivity contribution >= 4 is 11.9 Å². The van der Waals surface area contributed by atoms with E-state index in [9.17, 15) is 4.79 Å². The molecule has 0 fully saturated rings. The molecule has 1 aromatic carbocycles. The monoisotopic (exact) mass is 418 g/mol. The maximum atomic E-state index is 12.5. The summed E-state index contributed by atoms with van der Waals surface area (Å²) >= 11 is 0. The van der Waals surface area contributed by atoms with Crippen molar-refractivity contribution in [2.24, 2.45) is 4.99 Å². The van der Waals surface area contributed by atoms with E-state index in [4.69, 9.17) is 9.47 Å². The summed E-state index contributed by atoms with van der Waals surface area (Å²) in [7, 11) is 0. The molecule has 2 N–H and O–H groups in total. The number of amides is 1. The molecule has 1 aliphatic heterocycles. The standard InChI is InChI=1S/C23H38N4O3/c1-3-5-14-29-16-17-30-15-13-26-23(24-4-2)25-12-8-11-22(28)27-18-20-9-6-7-10-21(20)19-27/h6-7,9-10H,3-5,8,11-19H2,1-2H3,(H2,24,25,26). The van der Waals surface area contributed by atoms with Gasteiger partial charge in [-0.15, -0.1) is 0 Å². The van der Waals surface area contributed by atoms with Crippen LogP contribution >= 0.6 is 0 Å². The molecule has 0 bridgehead atoms. The zero-order valence-electron chi connectivity index (χ0n) is 18.6. The van der Waals surface area contributed by atoms with Crippen molar-refractivity contribution in [3.8, 4) is 0 Å². The lowest BCUT2D eigenvalue weighted by atomic mass is 10.1. The van der Waals surface area contributed by atoms with Crippen LogP contribution in [0.3, 0.4) is 0 Å². The molecule has 0 radical (unpaired) electrons. The molecule has 1 aromatic rings. The highest BCUT2D eigenvalue weighted by Gasteiger charge is 2.22. The van der Waals surface area contributed by atoms with E-state index in [1.54, 1.807) is 0 Å². The van der Waals surface area contributed by atoms with E-state index in [-0.39, 0.29) is 5.91 Å². The van der Waals surface area contributed by atoms with Gasteiger partial charge in [0.15, 0.2) is 5.96 Å². The number of guanidine groups is 1. The molecule has 0 aromatic heterocycles. The summed E-state index contributed by atoms with van der Waals surface area (Å²) in [6.07, 6.45) is 3.52. The molecule has 0 saturated heterocycles. The fourth-order valence-corrected chi connectivity index (χ4v) is 3.24. The van der Waals surface area contributed by atoms with Gasteiger partial charge in [-0.25, -0.2) is 0 Å². The van der Waals surface area contributed by atoms with Crippen LogP contribution in [0, 0.1) is 0 Å². The quantitative estimate of drug-likeness (QED) is 0.276. The summed E-state index contributed by atoms with van der Waals surface area (Å²) in [5, 5.41) is 6.49. The Hall–Kier alpha value is -2.12. The molecule has 1 heterocycles. The smallest absolute Gasteiger partial charge is 0.223 e. The van der Waals surface area contributed by atoms with E-state index in [0.717, 1.165) is 51.5 Å². The van der Waals surface area contributed by atoms with Gasteiger partial charge in [0, 0.05) is 45.8 Å². The normalized spacial score (nSPS) is 13.4. The highest BCUT2D eigenvalue weighted by molar-refractivity contribution is 5.80. The number of hydrogen-bond acceptors (Lipinski definition) is 4. The summed E-state index contributed by atoms with van der Waals surface area (Å²) in [6.45, 7) is 10.4. The van der Waals surface area contributed by atoms with Crippen LogP contribution in [0.1, 0.15) is 50.7 Å². The molecule has 2 rings (SSSR count). The second-order valence-corrected chi connectivity index (χ2v) is 7.39. The highest BCUT2D eigenvalue weighted by atomic mass is 16.5. The van der Waals surface area contributed by atoms with Gasteiger partial charge in [-0.1, -0.05) is 37.6 Å². The lowest BCUT2D eigenvalue weighted by Crippen LogP contribution is -2.39. The third-order valence-corrected chi connectivity index (χ3v) is 4.91. The van der Waals surface area contributed by atoms with Crippen LogP contribution < -0.4 is 10.6 Å². The van der Waals surface area contributed by atoms with Gasteiger partial charge in [0.05, 0.1) is 19.8 Å². The number of aliphatic imine (C=N–C) groups is 1. The first-order valence-electron chi connectivity index (χ1n) is 11.3. The molecule has 30 heavy (non-hydrogen) atoms. The third kappa shape index (κ3) is 9.13. The molecule has 7 nitrogen and oxygen atoms in total. The fourth-order valence-electron chi connectivity index (χ4n) is 3.24. The van der Waals surface area contributed by atoms with Crippen molar-refractivity contribution in [3.05, 3.63) is 35.4 Å². The van der Waals surface area contributed by atoms with Crippen LogP contribution in [0.4, 0.5) is 0 Å². The predicted molar refractivity (Wildman–Crippen MR) is 120 cm³/mol. The second-order valence-electron chi connectivity index (χ2n) is 7.39. The van der Waals surface area contributed by atoms with Crippen LogP contribution in [0.5, 0.6) is 0 Å². The van der Waals surface area contributed by atoms with Gasteiger partial charge in [0.1, 0.15) is 0 Å². The molecule has 1 amide bonds. The van der Waals surface area contributed by atoms with E-state index in [1.165, 1.54) is 11.1 Å². The minimum atomic E-state index is 0.203. The summed E-state index contributed by atoms with van der Waals surface area (Å²) in [4.78, 5) is 19.0. The third-order valence-electron chi connectivity index (χ3n) is 4.91. The number of nitrogens with one attached hydrogen (secondary N) is 2. The summed E-state index contributed by atoms with van der Waals surface area (Å²) in [5.41, 5.74) is 2.52. The van der Waals surface area contributed by atoms with E-state index < -0.39 is 0 Å². The first kappa shape index (κ1) is 24.2. The summed E-state index contributed by atoms with van der Waals surface area (Å²) < 4.78 is 11.0. The van der Waals surface area contributed by atoms with Crippen LogP contribution in [0.25, 0.3) is 0 Å². The van der Waals surface area contributed by atoms with Crippen molar-refractivity contribution in [2.45, 2.75) is 52.6 Å². The Morgan fingerprint density at radius 2 is 1.70 bits per heavy atom. The first-order chi connectivity index (χ1) is 14.7. The zero-order chi connectivity index (χ0) is 21.4. The van der Waals surface area contributed by atoms with Crippen molar-refractivity contribution in [1.82, 2.24) is 15.5 Å². The lowest BCUT2D eigenvalue weighted by molar-refractivity contribution is -0.131. The Kier molecular flexibility index (Phi) is 11.9. The van der Waals surface area contributed by atoms with Crippen LogP contribution in [0.2, 0.25) is 0 Å². The molecular weight excluding hydrogens is 380 g/mol. The molecule has 0 atom stereocenters. The topological polar surface area (TPSA) is 75.2 Å². The number of hydrogen-bond donors (Lipinski definition) is 2. The maximum Gasteiger partial charge on any atom is 0.223 e. The largest absolute Gasteiger partial charge is 0.379 e. The predicted octanol–water partition coefficient (Wildman–Crippen LogP) is 2.70. The molecule has 1 aliphatic rings. The highest BCUT2D eigenvalue weighted by Crippen LogP contribution is 2.22.